The first-order valence-corrected chi connectivity index (χ1v) is 5.24. The Hall–Kier alpha value is -0.900. The van der Waals surface area contributed by atoms with Crippen molar-refractivity contribution in [2.75, 3.05) is 13.1 Å². The number of likely N-dealkylation sites (tertiary alicyclic amines) is 1. The van der Waals surface area contributed by atoms with Crippen molar-refractivity contribution in [2.24, 2.45) is 7.05 Å². The van der Waals surface area contributed by atoms with Crippen LogP contribution in [0.4, 0.5) is 0 Å². The SMILES string of the molecule is CC(C)N1CCCC1.Cn1ccnn1. The van der Waals surface area contributed by atoms with Gasteiger partial charge in [0.25, 0.3) is 0 Å². The fourth-order valence-electron chi connectivity index (χ4n) is 1.53. The van der Waals surface area contributed by atoms with Gasteiger partial charge in [0, 0.05) is 19.3 Å². The van der Waals surface area contributed by atoms with Gasteiger partial charge in [-0.1, -0.05) is 5.21 Å². The molecule has 0 radical (unpaired) electrons. The maximum Gasteiger partial charge on any atom is 0.0692 e. The van der Waals surface area contributed by atoms with Gasteiger partial charge in [-0.2, -0.15) is 0 Å². The third kappa shape index (κ3) is 3.87. The Morgan fingerprint density at radius 1 is 1.21 bits per heavy atom. The van der Waals surface area contributed by atoms with Gasteiger partial charge < -0.3 is 4.90 Å². The molecule has 0 saturated carbocycles. The molecule has 4 nitrogen and oxygen atoms in total. The molecule has 0 bridgehead atoms. The molecular formula is C10H20N4. The highest BCUT2D eigenvalue weighted by Gasteiger charge is 2.13. The second kappa shape index (κ2) is 5.75. The number of aromatic nitrogens is 3. The largest absolute Gasteiger partial charge is 0.301 e. The van der Waals surface area contributed by atoms with E-state index in [1.54, 1.807) is 17.1 Å². The molecule has 4 heteroatoms. The van der Waals surface area contributed by atoms with E-state index in [1.807, 2.05) is 7.05 Å². The molecule has 1 saturated heterocycles. The van der Waals surface area contributed by atoms with Gasteiger partial charge in [-0.05, 0) is 39.8 Å². The number of nitrogens with zero attached hydrogens (tertiary/aromatic N) is 4. The van der Waals surface area contributed by atoms with Gasteiger partial charge in [0.05, 0.1) is 6.20 Å². The average molecular weight is 196 g/mol. The second-order valence-corrected chi connectivity index (χ2v) is 3.91. The summed E-state index contributed by atoms with van der Waals surface area (Å²) < 4.78 is 1.64. The molecule has 1 aliphatic heterocycles. The van der Waals surface area contributed by atoms with Gasteiger partial charge in [0.15, 0.2) is 0 Å². The minimum atomic E-state index is 0.775. The molecule has 1 aromatic rings. The smallest absolute Gasteiger partial charge is 0.0692 e. The molecule has 0 atom stereocenters. The Bertz CT molecular complexity index is 224. The molecule has 2 heterocycles. The fraction of sp³-hybridized carbons (Fsp3) is 0.800. The van der Waals surface area contributed by atoms with Gasteiger partial charge in [0.1, 0.15) is 0 Å². The summed E-state index contributed by atoms with van der Waals surface area (Å²) in [6.45, 7) is 7.20. The zero-order chi connectivity index (χ0) is 10.4. The van der Waals surface area contributed by atoms with Crippen LogP contribution in [0.25, 0.3) is 0 Å². The van der Waals surface area contributed by atoms with Crippen LogP contribution in [-0.2, 0) is 7.05 Å². The van der Waals surface area contributed by atoms with Crippen LogP contribution in [0.3, 0.4) is 0 Å². The summed E-state index contributed by atoms with van der Waals surface area (Å²) in [6.07, 6.45) is 6.25. The molecule has 2 rings (SSSR count). The molecule has 0 aliphatic carbocycles. The Kier molecular flexibility index (Phi) is 4.59. The van der Waals surface area contributed by atoms with Crippen LogP contribution in [0, 0.1) is 0 Å². The first-order valence-electron chi connectivity index (χ1n) is 5.24. The minimum Gasteiger partial charge on any atom is -0.301 e. The minimum absolute atomic E-state index is 0.775. The van der Waals surface area contributed by atoms with Crippen molar-refractivity contribution in [1.29, 1.82) is 0 Å². The van der Waals surface area contributed by atoms with Gasteiger partial charge in [-0.15, -0.1) is 5.10 Å². The predicted molar refractivity (Wildman–Crippen MR) is 56.9 cm³/mol. The highest BCUT2D eigenvalue weighted by Crippen LogP contribution is 2.09. The van der Waals surface area contributed by atoms with Crippen LogP contribution in [0.1, 0.15) is 26.7 Å². The highest BCUT2D eigenvalue weighted by molar-refractivity contribution is 4.68. The molecular weight excluding hydrogens is 176 g/mol. The van der Waals surface area contributed by atoms with Crippen molar-refractivity contribution >= 4 is 0 Å². The fourth-order valence-corrected chi connectivity index (χ4v) is 1.53. The van der Waals surface area contributed by atoms with Crippen molar-refractivity contribution in [3.05, 3.63) is 12.4 Å². The van der Waals surface area contributed by atoms with Crippen LogP contribution in [0.15, 0.2) is 12.4 Å². The van der Waals surface area contributed by atoms with Gasteiger partial charge >= 0.3 is 0 Å². The molecule has 0 spiro atoms. The summed E-state index contributed by atoms with van der Waals surface area (Å²) in [5.41, 5.74) is 0. The van der Waals surface area contributed by atoms with E-state index in [0.717, 1.165) is 6.04 Å². The van der Waals surface area contributed by atoms with E-state index >= 15 is 0 Å². The van der Waals surface area contributed by atoms with Crippen LogP contribution in [0.2, 0.25) is 0 Å². The van der Waals surface area contributed by atoms with Crippen LogP contribution < -0.4 is 0 Å². The van der Waals surface area contributed by atoms with Crippen molar-refractivity contribution in [3.8, 4) is 0 Å². The normalized spacial score (nSPS) is 16.9. The predicted octanol–water partition coefficient (Wildman–Crippen LogP) is 1.31. The summed E-state index contributed by atoms with van der Waals surface area (Å²) >= 11 is 0. The summed E-state index contributed by atoms with van der Waals surface area (Å²) in [5, 5.41) is 7.12. The summed E-state index contributed by atoms with van der Waals surface area (Å²) in [5.74, 6) is 0. The van der Waals surface area contributed by atoms with Gasteiger partial charge in [0.2, 0.25) is 0 Å². The maximum absolute atomic E-state index is 3.58. The molecule has 0 N–H and O–H groups in total. The molecule has 0 aromatic carbocycles. The molecule has 1 fully saturated rings. The lowest BCUT2D eigenvalue weighted by molar-refractivity contribution is 0.276. The lowest BCUT2D eigenvalue weighted by atomic mass is 10.3. The van der Waals surface area contributed by atoms with E-state index in [1.165, 1.54) is 25.9 Å². The Balaban J connectivity index is 0.000000146. The molecule has 1 aliphatic rings. The first kappa shape index (κ1) is 11.2. The first-order chi connectivity index (χ1) is 6.70. The Morgan fingerprint density at radius 2 is 1.86 bits per heavy atom. The molecule has 0 amide bonds. The van der Waals surface area contributed by atoms with Crippen molar-refractivity contribution in [3.63, 3.8) is 0 Å². The van der Waals surface area contributed by atoms with Crippen LogP contribution in [-0.4, -0.2) is 39.0 Å². The standard InChI is InChI=1S/C7H15N.C3H5N3/c1-7(2)8-5-3-4-6-8;1-6-3-2-4-5-6/h7H,3-6H2,1-2H3;2-3H,1H3. The quantitative estimate of drug-likeness (QED) is 0.679. The Labute approximate surface area is 85.9 Å². The molecule has 80 valence electrons. The van der Waals surface area contributed by atoms with Gasteiger partial charge in [-0.3, -0.25) is 4.68 Å². The third-order valence-corrected chi connectivity index (χ3v) is 2.41. The lowest BCUT2D eigenvalue weighted by Gasteiger charge is -2.18. The van der Waals surface area contributed by atoms with E-state index in [9.17, 15) is 0 Å². The third-order valence-electron chi connectivity index (χ3n) is 2.41. The number of hydrogen-bond donors (Lipinski definition) is 0. The Morgan fingerprint density at radius 3 is 2.07 bits per heavy atom. The zero-order valence-corrected chi connectivity index (χ0v) is 9.35. The van der Waals surface area contributed by atoms with Gasteiger partial charge in [-0.25, -0.2) is 0 Å². The average Bonchev–Trinajstić information content (AvgIpc) is 2.75. The second-order valence-electron chi connectivity index (χ2n) is 3.91. The van der Waals surface area contributed by atoms with E-state index < -0.39 is 0 Å². The number of aryl methyl sites for hydroxylation is 1. The summed E-state index contributed by atoms with van der Waals surface area (Å²) in [6, 6.07) is 0.775. The number of rotatable bonds is 1. The topological polar surface area (TPSA) is 34.0 Å². The molecule has 1 aromatic heterocycles. The monoisotopic (exact) mass is 196 g/mol. The van der Waals surface area contributed by atoms with Crippen molar-refractivity contribution in [1.82, 2.24) is 19.9 Å². The van der Waals surface area contributed by atoms with Crippen molar-refractivity contribution < 1.29 is 0 Å². The zero-order valence-electron chi connectivity index (χ0n) is 9.35. The summed E-state index contributed by atoms with van der Waals surface area (Å²) in [7, 11) is 1.83. The van der Waals surface area contributed by atoms with E-state index in [4.69, 9.17) is 0 Å². The summed E-state index contributed by atoms with van der Waals surface area (Å²) in [4.78, 5) is 2.53. The highest BCUT2D eigenvalue weighted by atomic mass is 15.4. The van der Waals surface area contributed by atoms with Crippen LogP contribution >= 0.6 is 0 Å². The molecule has 14 heavy (non-hydrogen) atoms. The van der Waals surface area contributed by atoms with Crippen LogP contribution in [0.5, 0.6) is 0 Å². The van der Waals surface area contributed by atoms with E-state index in [2.05, 4.69) is 29.1 Å². The maximum atomic E-state index is 3.58. The number of hydrogen-bond acceptors (Lipinski definition) is 3. The molecule has 0 unspecified atom stereocenters. The van der Waals surface area contributed by atoms with Crippen molar-refractivity contribution in [2.45, 2.75) is 32.7 Å². The van der Waals surface area contributed by atoms with E-state index in [0.29, 0.717) is 0 Å². The lowest BCUT2D eigenvalue weighted by Crippen LogP contribution is -2.26. The van der Waals surface area contributed by atoms with E-state index in [-0.39, 0.29) is 0 Å².